The van der Waals surface area contributed by atoms with Gasteiger partial charge < -0.3 is 19.8 Å². The number of hydrogen-bond acceptors (Lipinski definition) is 2. The molecule has 6 nitrogen and oxygen atoms in total. The number of aromatic amines is 2. The predicted octanol–water partition coefficient (Wildman–Crippen LogP) is 16.6. The average molecular weight is 909 g/mol. The fraction of sp³-hybridized carbons (Fsp3) is 0.574. The largest absolute Gasteiger partial charge is 0.361 e. The van der Waals surface area contributed by atoms with Gasteiger partial charge in [0.25, 0.3) is 0 Å². The van der Waals surface area contributed by atoms with Crippen molar-refractivity contribution >= 4 is 33.6 Å². The molecule has 2 N–H and O–H groups in total. The zero-order chi connectivity index (χ0) is 46.7. The van der Waals surface area contributed by atoms with Crippen molar-refractivity contribution in [2.45, 2.75) is 193 Å². The molecule has 0 bridgehead atoms. The minimum atomic E-state index is 0.346. The second-order valence-electron chi connectivity index (χ2n) is 20.1. The number of H-pyrrole nitrogens is 2. The Kier molecular flexibility index (Phi) is 23.2. The van der Waals surface area contributed by atoms with Gasteiger partial charge in [0.05, 0.1) is 0 Å². The quantitative estimate of drug-likeness (QED) is 0.0390. The molecule has 2 saturated heterocycles. The molecule has 67 heavy (non-hydrogen) atoms. The number of allylic oxidation sites excluding steroid dienone is 8. The van der Waals surface area contributed by atoms with E-state index in [1.54, 1.807) is 5.57 Å². The Labute approximate surface area is 406 Å². The normalized spacial score (nSPS) is 16.9. The highest BCUT2D eigenvalue weighted by molar-refractivity contribution is 5.85. The maximum Gasteiger partial charge on any atom is 0.222 e. The van der Waals surface area contributed by atoms with Crippen LogP contribution in [-0.4, -0.2) is 57.8 Å². The summed E-state index contributed by atoms with van der Waals surface area (Å²) in [4.78, 5) is 36.9. The van der Waals surface area contributed by atoms with E-state index in [1.807, 2.05) is 0 Å². The number of carbonyl (C=O) groups is 2. The molecule has 0 spiro atoms. The Morgan fingerprint density at radius 3 is 1.69 bits per heavy atom. The molecular formula is C61H88N4O2. The molecule has 2 aliphatic rings. The Morgan fingerprint density at radius 1 is 0.567 bits per heavy atom. The van der Waals surface area contributed by atoms with Crippen molar-refractivity contribution in [2.24, 2.45) is 5.92 Å². The first-order valence-corrected chi connectivity index (χ1v) is 27.3. The first-order valence-electron chi connectivity index (χ1n) is 27.3. The Hall–Kier alpha value is -4.58. The van der Waals surface area contributed by atoms with Crippen LogP contribution in [0.1, 0.15) is 204 Å². The molecule has 0 saturated carbocycles. The van der Waals surface area contributed by atoms with Gasteiger partial charge in [0.1, 0.15) is 0 Å². The van der Waals surface area contributed by atoms with E-state index in [9.17, 15) is 9.59 Å². The fourth-order valence-electron chi connectivity index (χ4n) is 10.8. The molecule has 2 fully saturated rings. The number of carbonyl (C=O) groups excluding carboxylic acids is 2. The molecule has 6 heteroatoms. The Bertz CT molecular complexity index is 2140. The predicted molar refractivity (Wildman–Crippen MR) is 286 cm³/mol. The Morgan fingerprint density at radius 2 is 1.06 bits per heavy atom. The molecule has 4 heterocycles. The average Bonchev–Trinajstić information content (AvgIpc) is 4.13. The number of nitrogens with one attached hydrogen (secondary N) is 2. The van der Waals surface area contributed by atoms with Crippen LogP contribution in [0.2, 0.25) is 0 Å². The number of hydrogen-bond donors (Lipinski definition) is 2. The number of para-hydroxylation sites is 2. The third-order valence-corrected chi connectivity index (χ3v) is 15.0. The summed E-state index contributed by atoms with van der Waals surface area (Å²) in [7, 11) is 0. The van der Waals surface area contributed by atoms with Gasteiger partial charge in [-0.2, -0.15) is 0 Å². The number of amides is 2. The minimum absolute atomic E-state index is 0.346. The van der Waals surface area contributed by atoms with Gasteiger partial charge in [-0.05, 0) is 138 Å². The smallest absolute Gasteiger partial charge is 0.222 e. The van der Waals surface area contributed by atoms with E-state index in [0.717, 1.165) is 96.8 Å². The standard InChI is InChI=1S/C61H88N4O2/c1-3-4-23-33-51(34-25-20-16-12-10-14-18-22-27-40-61(67)65-46-43-53(49-65)57-48-63-59-38-31-29-36-55(57)59)50(2)32-24-19-15-11-8-6-5-7-9-13-17-21-26-39-60(66)64-44-41-52(42-45-64)56-47-62-58-37-30-28-35-54(56)58/h5-6,11,15-16,20,28-31,34-38,47-48,50,52-53,62-63H,3-4,7-10,12-14,17-19,21-27,32-33,39-46,49H2,1-2H3/b6-5-,15-11-,20-16-,51-34+/t50?,53-/m1/s1. The molecule has 2 atom stereocenters. The van der Waals surface area contributed by atoms with Crippen LogP contribution in [0.15, 0.2) is 109 Å². The number of benzene rings is 2. The second kappa shape index (κ2) is 30.0. The van der Waals surface area contributed by atoms with Crippen molar-refractivity contribution in [3.05, 3.63) is 120 Å². The summed E-state index contributed by atoms with van der Waals surface area (Å²) in [5, 5.41) is 2.65. The van der Waals surface area contributed by atoms with Gasteiger partial charge in [-0.25, -0.2) is 0 Å². The van der Waals surface area contributed by atoms with Crippen molar-refractivity contribution < 1.29 is 9.59 Å². The lowest BCUT2D eigenvalue weighted by molar-refractivity contribution is -0.132. The van der Waals surface area contributed by atoms with E-state index in [2.05, 4.69) is 137 Å². The molecule has 0 aliphatic carbocycles. The zero-order valence-corrected chi connectivity index (χ0v) is 42.0. The zero-order valence-electron chi connectivity index (χ0n) is 42.0. The van der Waals surface area contributed by atoms with Crippen molar-refractivity contribution in [3.63, 3.8) is 0 Å². The molecule has 2 aromatic carbocycles. The lowest BCUT2D eigenvalue weighted by atomic mass is 9.89. The molecule has 2 amide bonds. The summed E-state index contributed by atoms with van der Waals surface area (Å²) < 4.78 is 0. The molecule has 364 valence electrons. The highest BCUT2D eigenvalue weighted by atomic mass is 16.2. The van der Waals surface area contributed by atoms with Crippen LogP contribution in [0.5, 0.6) is 0 Å². The van der Waals surface area contributed by atoms with E-state index >= 15 is 0 Å². The first kappa shape index (κ1) is 51.8. The van der Waals surface area contributed by atoms with Crippen molar-refractivity contribution in [3.8, 4) is 0 Å². The van der Waals surface area contributed by atoms with E-state index in [4.69, 9.17) is 0 Å². The molecule has 4 aromatic rings. The van der Waals surface area contributed by atoms with Crippen LogP contribution in [0, 0.1) is 5.92 Å². The molecule has 1 unspecified atom stereocenters. The molecule has 2 aromatic heterocycles. The van der Waals surface area contributed by atoms with E-state index in [0.29, 0.717) is 42.4 Å². The van der Waals surface area contributed by atoms with Crippen molar-refractivity contribution in [1.29, 1.82) is 0 Å². The van der Waals surface area contributed by atoms with Gasteiger partial charge in [0.2, 0.25) is 11.8 Å². The molecule has 6 rings (SSSR count). The van der Waals surface area contributed by atoms with Crippen LogP contribution in [0.25, 0.3) is 21.8 Å². The highest BCUT2D eigenvalue weighted by Crippen LogP contribution is 2.35. The van der Waals surface area contributed by atoms with Gasteiger partial charge in [0.15, 0.2) is 0 Å². The number of nitrogens with zero attached hydrogens (tertiary/aromatic N) is 2. The van der Waals surface area contributed by atoms with Gasteiger partial charge >= 0.3 is 0 Å². The monoisotopic (exact) mass is 909 g/mol. The molecule has 0 radical (unpaired) electrons. The van der Waals surface area contributed by atoms with Gasteiger partial charge in [-0.1, -0.05) is 150 Å². The highest BCUT2D eigenvalue weighted by Gasteiger charge is 2.29. The number of likely N-dealkylation sites (tertiary alicyclic amines) is 2. The number of unbranched alkanes of at least 4 members (excludes halogenated alkanes) is 13. The summed E-state index contributed by atoms with van der Waals surface area (Å²) in [6, 6.07) is 17.1. The van der Waals surface area contributed by atoms with Crippen LogP contribution in [-0.2, 0) is 9.59 Å². The van der Waals surface area contributed by atoms with Gasteiger partial charge in [0, 0.05) is 79.1 Å². The van der Waals surface area contributed by atoms with E-state index in [1.165, 1.54) is 116 Å². The second-order valence-corrected chi connectivity index (χ2v) is 20.1. The third-order valence-electron chi connectivity index (χ3n) is 15.0. The summed E-state index contributed by atoms with van der Waals surface area (Å²) in [6.07, 6.45) is 50.9. The minimum Gasteiger partial charge on any atom is -0.361 e. The third kappa shape index (κ3) is 17.5. The topological polar surface area (TPSA) is 72.2 Å². The summed E-state index contributed by atoms with van der Waals surface area (Å²) in [5.41, 5.74) is 6.87. The molecular weight excluding hydrogens is 821 g/mol. The van der Waals surface area contributed by atoms with Gasteiger partial charge in [-0.15, -0.1) is 0 Å². The Balaban J connectivity index is 0.722. The van der Waals surface area contributed by atoms with E-state index < -0.39 is 0 Å². The van der Waals surface area contributed by atoms with Crippen LogP contribution >= 0.6 is 0 Å². The van der Waals surface area contributed by atoms with Crippen LogP contribution < -0.4 is 0 Å². The van der Waals surface area contributed by atoms with Crippen LogP contribution in [0.3, 0.4) is 0 Å². The lowest BCUT2D eigenvalue weighted by Crippen LogP contribution is -2.37. The fourth-order valence-corrected chi connectivity index (χ4v) is 10.8. The number of piperidine rings is 1. The number of rotatable bonds is 31. The summed E-state index contributed by atoms with van der Waals surface area (Å²) in [6.45, 7) is 8.30. The van der Waals surface area contributed by atoms with Crippen molar-refractivity contribution in [2.75, 3.05) is 26.2 Å². The van der Waals surface area contributed by atoms with E-state index in [-0.39, 0.29) is 0 Å². The molecule has 2 aliphatic heterocycles. The SMILES string of the molecule is CCCCC/C(=C\C/C=C\CCCCCCCC(=O)N1CC[C@@H](c2c[nH]c3ccccc23)C1)C(C)CCC/C=C\C/C=C\CCCCCCCC(=O)N1CCC(c2c[nH]c3ccccc23)CC1. The van der Waals surface area contributed by atoms with Crippen molar-refractivity contribution in [1.82, 2.24) is 19.8 Å². The lowest BCUT2D eigenvalue weighted by Gasteiger charge is -2.32. The first-order chi connectivity index (χ1) is 33.0. The maximum atomic E-state index is 12.9. The number of aromatic nitrogens is 2. The number of fused-ring (bicyclic) bond motifs is 2. The maximum absolute atomic E-state index is 12.9. The summed E-state index contributed by atoms with van der Waals surface area (Å²) >= 11 is 0. The summed E-state index contributed by atoms with van der Waals surface area (Å²) in [5.74, 6) is 2.37. The van der Waals surface area contributed by atoms with Crippen LogP contribution in [0.4, 0.5) is 0 Å². The van der Waals surface area contributed by atoms with Gasteiger partial charge in [-0.3, -0.25) is 9.59 Å².